The summed E-state index contributed by atoms with van der Waals surface area (Å²) in [5.41, 5.74) is 6.89. The van der Waals surface area contributed by atoms with E-state index in [0.717, 1.165) is 61.9 Å². The van der Waals surface area contributed by atoms with E-state index in [4.69, 9.17) is 0 Å². The van der Waals surface area contributed by atoms with Crippen LogP contribution in [0.2, 0.25) is 0 Å². The van der Waals surface area contributed by atoms with E-state index >= 15 is 0 Å². The second-order valence-corrected chi connectivity index (χ2v) is 13.4. The lowest BCUT2D eigenvalue weighted by molar-refractivity contribution is -0.139. The molecule has 0 radical (unpaired) electrons. The highest BCUT2D eigenvalue weighted by atomic mass is 79.9. The molecule has 0 saturated carbocycles. The molecule has 2 aliphatic heterocycles. The van der Waals surface area contributed by atoms with Crippen molar-refractivity contribution in [2.45, 2.75) is 65.5 Å². The lowest BCUT2D eigenvalue weighted by atomic mass is 9.77. The maximum atomic E-state index is 13.6. The summed E-state index contributed by atoms with van der Waals surface area (Å²) < 4.78 is 1.06. The molecule has 222 valence electrons. The Balaban J connectivity index is 1.20. The SMILES string of the molecule is Cc1cc(C)c(CC(=O)N(C)C(CCN2CCC3(CC2)CCN(Cc2ccc(Br)cc2)C3=O)c2ccccc2)c(C)c1. The second-order valence-electron chi connectivity index (χ2n) is 12.5. The maximum Gasteiger partial charge on any atom is 0.229 e. The summed E-state index contributed by atoms with van der Waals surface area (Å²) in [4.78, 5) is 33.7. The number of carbonyl (C=O) groups is 2. The van der Waals surface area contributed by atoms with Gasteiger partial charge in [0, 0.05) is 31.2 Å². The molecule has 1 atom stereocenters. The number of hydrogen-bond acceptors (Lipinski definition) is 3. The smallest absolute Gasteiger partial charge is 0.229 e. The Labute approximate surface area is 260 Å². The number of nitrogens with zero attached hydrogens (tertiary/aromatic N) is 3. The van der Waals surface area contributed by atoms with Crippen molar-refractivity contribution in [2.24, 2.45) is 5.41 Å². The van der Waals surface area contributed by atoms with Gasteiger partial charge in [-0.05, 0) is 99.5 Å². The predicted octanol–water partition coefficient (Wildman–Crippen LogP) is 7.02. The fourth-order valence-electron chi connectivity index (χ4n) is 7.02. The summed E-state index contributed by atoms with van der Waals surface area (Å²) >= 11 is 3.50. The Morgan fingerprint density at radius 1 is 0.929 bits per heavy atom. The van der Waals surface area contributed by atoms with E-state index in [9.17, 15) is 9.59 Å². The number of likely N-dealkylation sites (tertiary alicyclic amines) is 2. The van der Waals surface area contributed by atoms with Crippen LogP contribution in [0, 0.1) is 26.2 Å². The van der Waals surface area contributed by atoms with E-state index in [1.165, 1.54) is 27.8 Å². The Morgan fingerprint density at radius 2 is 1.55 bits per heavy atom. The topological polar surface area (TPSA) is 43.9 Å². The minimum atomic E-state index is -0.207. The second kappa shape index (κ2) is 13.1. The average molecular weight is 631 g/mol. The van der Waals surface area contributed by atoms with Gasteiger partial charge in [-0.15, -0.1) is 0 Å². The summed E-state index contributed by atoms with van der Waals surface area (Å²) in [6, 6.07) is 23.1. The number of amides is 2. The maximum absolute atomic E-state index is 13.6. The molecule has 5 rings (SSSR count). The predicted molar refractivity (Wildman–Crippen MR) is 173 cm³/mol. The Kier molecular flexibility index (Phi) is 9.54. The Hall–Kier alpha value is -2.96. The summed E-state index contributed by atoms with van der Waals surface area (Å²) in [6.07, 6.45) is 4.08. The van der Waals surface area contributed by atoms with Gasteiger partial charge in [-0.3, -0.25) is 9.59 Å². The zero-order valence-electron chi connectivity index (χ0n) is 25.5. The minimum absolute atomic E-state index is 0.00941. The third-order valence-electron chi connectivity index (χ3n) is 9.63. The van der Waals surface area contributed by atoms with Gasteiger partial charge < -0.3 is 14.7 Å². The van der Waals surface area contributed by atoms with Gasteiger partial charge in [0.05, 0.1) is 17.9 Å². The van der Waals surface area contributed by atoms with Crippen molar-refractivity contribution in [2.75, 3.05) is 33.2 Å². The van der Waals surface area contributed by atoms with Gasteiger partial charge >= 0.3 is 0 Å². The van der Waals surface area contributed by atoms with E-state index in [-0.39, 0.29) is 17.4 Å². The summed E-state index contributed by atoms with van der Waals surface area (Å²) in [5, 5.41) is 0. The third kappa shape index (κ3) is 6.81. The molecule has 3 aromatic carbocycles. The molecule has 2 fully saturated rings. The molecule has 0 N–H and O–H groups in total. The molecule has 42 heavy (non-hydrogen) atoms. The van der Waals surface area contributed by atoms with E-state index in [0.29, 0.717) is 18.9 Å². The van der Waals surface area contributed by atoms with Crippen molar-refractivity contribution in [3.63, 3.8) is 0 Å². The molecule has 2 saturated heterocycles. The number of piperidine rings is 1. The molecule has 6 heteroatoms. The molecule has 2 amide bonds. The Bertz CT molecular complexity index is 1370. The summed E-state index contributed by atoms with van der Waals surface area (Å²) in [6.45, 7) is 10.6. The first kappa shape index (κ1) is 30.5. The zero-order valence-corrected chi connectivity index (χ0v) is 27.1. The Morgan fingerprint density at radius 3 is 2.19 bits per heavy atom. The normalized spacial score (nSPS) is 17.5. The number of rotatable bonds is 9. The first-order valence-corrected chi connectivity index (χ1v) is 16.1. The third-order valence-corrected chi connectivity index (χ3v) is 10.2. The van der Waals surface area contributed by atoms with Gasteiger partial charge in [-0.1, -0.05) is 76.1 Å². The molecular formula is C36H44BrN3O2. The van der Waals surface area contributed by atoms with Crippen LogP contribution in [0.1, 0.15) is 65.1 Å². The average Bonchev–Trinajstić information content (AvgIpc) is 3.27. The first-order valence-electron chi connectivity index (χ1n) is 15.3. The van der Waals surface area contributed by atoms with Gasteiger partial charge in [-0.2, -0.15) is 0 Å². The fraction of sp³-hybridized carbons (Fsp3) is 0.444. The first-order chi connectivity index (χ1) is 20.1. The highest BCUT2D eigenvalue weighted by Gasteiger charge is 2.47. The van der Waals surface area contributed by atoms with Crippen molar-refractivity contribution in [3.05, 3.63) is 105 Å². The van der Waals surface area contributed by atoms with Crippen molar-refractivity contribution in [3.8, 4) is 0 Å². The summed E-state index contributed by atoms with van der Waals surface area (Å²) in [5.74, 6) is 0.484. The highest BCUT2D eigenvalue weighted by molar-refractivity contribution is 9.10. The van der Waals surface area contributed by atoms with Gasteiger partial charge in [0.1, 0.15) is 0 Å². The fourth-order valence-corrected chi connectivity index (χ4v) is 7.29. The van der Waals surface area contributed by atoms with Crippen molar-refractivity contribution in [1.29, 1.82) is 0 Å². The number of aryl methyl sites for hydroxylation is 3. The van der Waals surface area contributed by atoms with Crippen molar-refractivity contribution < 1.29 is 9.59 Å². The lowest BCUT2D eigenvalue weighted by Crippen LogP contribution is -2.45. The van der Waals surface area contributed by atoms with Crippen LogP contribution >= 0.6 is 15.9 Å². The van der Waals surface area contributed by atoms with Crippen LogP contribution in [0.5, 0.6) is 0 Å². The number of benzene rings is 3. The molecule has 2 heterocycles. The number of likely N-dealkylation sites (N-methyl/N-ethyl adjacent to an activating group) is 1. The van der Waals surface area contributed by atoms with Gasteiger partial charge in [0.2, 0.25) is 11.8 Å². The molecule has 5 nitrogen and oxygen atoms in total. The van der Waals surface area contributed by atoms with Crippen LogP contribution in [-0.2, 0) is 22.6 Å². The number of halogens is 1. The molecular weight excluding hydrogens is 586 g/mol. The van der Waals surface area contributed by atoms with Crippen LogP contribution in [0.4, 0.5) is 0 Å². The molecule has 3 aromatic rings. The van der Waals surface area contributed by atoms with Gasteiger partial charge in [0.15, 0.2) is 0 Å². The zero-order chi connectivity index (χ0) is 29.9. The molecule has 0 aromatic heterocycles. The van der Waals surface area contributed by atoms with Gasteiger partial charge in [0.25, 0.3) is 0 Å². The van der Waals surface area contributed by atoms with Crippen molar-refractivity contribution >= 4 is 27.7 Å². The standard InChI is InChI=1S/C36H44BrN3O2/c1-26-22-27(2)32(28(3)23-26)24-34(41)38(4)33(30-8-6-5-7-9-30)14-18-39-19-15-36(16-20-39)17-21-40(35(36)42)25-29-10-12-31(37)13-11-29/h5-13,22-23,33H,14-21,24-25H2,1-4H3. The largest absolute Gasteiger partial charge is 0.338 e. The van der Waals surface area contributed by atoms with E-state index in [1.807, 2.05) is 30.1 Å². The van der Waals surface area contributed by atoms with Crippen LogP contribution in [0.15, 0.2) is 71.2 Å². The molecule has 2 aliphatic rings. The van der Waals surface area contributed by atoms with Crippen molar-refractivity contribution in [1.82, 2.24) is 14.7 Å². The van der Waals surface area contributed by atoms with E-state index in [2.05, 4.69) is 95.0 Å². The molecule has 1 unspecified atom stereocenters. The van der Waals surface area contributed by atoms with Crippen LogP contribution in [0.3, 0.4) is 0 Å². The molecule has 0 bridgehead atoms. The van der Waals surface area contributed by atoms with Crippen LogP contribution in [0.25, 0.3) is 0 Å². The minimum Gasteiger partial charge on any atom is -0.338 e. The van der Waals surface area contributed by atoms with Crippen LogP contribution in [-0.4, -0.2) is 59.7 Å². The van der Waals surface area contributed by atoms with E-state index in [1.54, 1.807) is 0 Å². The van der Waals surface area contributed by atoms with E-state index < -0.39 is 0 Å². The van der Waals surface area contributed by atoms with Gasteiger partial charge in [-0.25, -0.2) is 0 Å². The lowest BCUT2D eigenvalue weighted by Gasteiger charge is -2.39. The number of carbonyl (C=O) groups excluding carboxylic acids is 2. The molecule has 1 spiro atoms. The molecule has 0 aliphatic carbocycles. The summed E-state index contributed by atoms with van der Waals surface area (Å²) in [7, 11) is 1.96. The quantitative estimate of drug-likeness (QED) is 0.255. The highest BCUT2D eigenvalue weighted by Crippen LogP contribution is 2.42. The van der Waals surface area contributed by atoms with Crippen LogP contribution < -0.4 is 0 Å². The number of hydrogen-bond donors (Lipinski definition) is 0. The monoisotopic (exact) mass is 629 g/mol.